The average Bonchev–Trinajstić information content (AvgIpc) is 3.13. The molecule has 1 heterocycles. The molecular weight excluding hydrogens is 376 g/mol. The van der Waals surface area contributed by atoms with E-state index < -0.39 is 17.4 Å². The molecule has 28 heavy (non-hydrogen) atoms. The number of nitrogens with zero attached hydrogens (tertiary/aromatic N) is 1. The molecule has 0 aliphatic rings. The molecule has 0 aliphatic carbocycles. The van der Waals surface area contributed by atoms with Crippen LogP contribution in [-0.4, -0.2) is 23.5 Å². The monoisotopic (exact) mass is 403 g/mol. The first-order valence-corrected chi connectivity index (χ1v) is 10.4. The highest BCUT2D eigenvalue weighted by Crippen LogP contribution is 2.41. The lowest BCUT2D eigenvalue weighted by atomic mass is 9.77. The summed E-state index contributed by atoms with van der Waals surface area (Å²) < 4.78 is 5.34. The summed E-state index contributed by atoms with van der Waals surface area (Å²) in [5.74, 6) is -1.57. The first kappa shape index (κ1) is 21.9. The van der Waals surface area contributed by atoms with Crippen molar-refractivity contribution in [2.75, 3.05) is 11.9 Å². The van der Waals surface area contributed by atoms with Gasteiger partial charge in [0.1, 0.15) is 5.41 Å². The van der Waals surface area contributed by atoms with Crippen LogP contribution in [0.4, 0.5) is 10.8 Å². The number of anilines is 2. The number of aliphatic carboxylic acids is 1. The minimum absolute atomic E-state index is 0.139. The Morgan fingerprint density at radius 1 is 1.21 bits per heavy atom. The Morgan fingerprint density at radius 2 is 1.93 bits per heavy atom. The van der Waals surface area contributed by atoms with Gasteiger partial charge in [0.25, 0.3) is 0 Å². The van der Waals surface area contributed by atoms with Gasteiger partial charge >= 0.3 is 5.97 Å². The quantitative estimate of drug-likeness (QED) is 0.575. The van der Waals surface area contributed by atoms with Gasteiger partial charge in [-0.3, -0.25) is 4.79 Å². The molecule has 1 aromatic carbocycles. The molecule has 0 amide bonds. The number of aromatic nitrogens is 1. The summed E-state index contributed by atoms with van der Waals surface area (Å²) in [4.78, 5) is 29.2. The van der Waals surface area contributed by atoms with Crippen molar-refractivity contribution in [1.82, 2.24) is 4.98 Å². The van der Waals surface area contributed by atoms with Gasteiger partial charge in [-0.15, -0.1) is 11.3 Å². The predicted octanol–water partition coefficient (Wildman–Crippen LogP) is 3.72. The van der Waals surface area contributed by atoms with Crippen molar-refractivity contribution in [3.8, 4) is 0 Å². The largest absolute Gasteiger partial charge is 0.550 e. The molecule has 1 atom stereocenters. The number of rotatable bonds is 11. The van der Waals surface area contributed by atoms with E-state index in [1.54, 1.807) is 13.1 Å². The van der Waals surface area contributed by atoms with Crippen molar-refractivity contribution >= 4 is 34.1 Å². The van der Waals surface area contributed by atoms with E-state index in [4.69, 9.17) is 4.74 Å². The number of ether oxygens (including phenoxy) is 1. The fraction of sp³-hybridized carbons (Fsp3) is 0.476. The number of carbonyl (C=O) groups is 2. The lowest BCUT2D eigenvalue weighted by Crippen LogP contribution is -2.39. The standard InChI is InChI=1S/C21H28N2O4S/c1-4-6-12-21(13-11-18(24)25,19(26)27-5-2)17-14-22-20(28-17)23-16-9-7-15(3)8-10-16/h7-10,14H,4-6,11-13H2,1-3H3,(H,22,23)(H,24,25)/p-1/t21-/m1/s1. The van der Waals surface area contributed by atoms with Crippen LogP contribution in [-0.2, 0) is 19.7 Å². The summed E-state index contributed by atoms with van der Waals surface area (Å²) in [5, 5.41) is 15.0. The van der Waals surface area contributed by atoms with Crippen LogP contribution in [0.1, 0.15) is 56.4 Å². The molecule has 1 aromatic heterocycles. The van der Waals surface area contributed by atoms with Crippen LogP contribution >= 0.6 is 11.3 Å². The van der Waals surface area contributed by atoms with Gasteiger partial charge in [-0.1, -0.05) is 37.5 Å². The Bertz CT molecular complexity index is 788. The molecule has 0 fully saturated rings. The number of esters is 1. The molecule has 0 spiro atoms. The van der Waals surface area contributed by atoms with Crippen molar-refractivity contribution in [1.29, 1.82) is 0 Å². The Morgan fingerprint density at radius 3 is 2.54 bits per heavy atom. The van der Waals surface area contributed by atoms with Crippen molar-refractivity contribution < 1.29 is 19.4 Å². The first-order valence-electron chi connectivity index (χ1n) is 9.58. The number of thiazole rings is 1. The smallest absolute Gasteiger partial charge is 0.317 e. The number of nitrogens with one attached hydrogen (secondary N) is 1. The summed E-state index contributed by atoms with van der Waals surface area (Å²) in [6.45, 7) is 6.04. The lowest BCUT2D eigenvalue weighted by Gasteiger charge is -2.30. The molecule has 1 N–H and O–H groups in total. The van der Waals surface area contributed by atoms with Crippen LogP contribution in [0, 0.1) is 6.92 Å². The highest BCUT2D eigenvalue weighted by molar-refractivity contribution is 7.15. The fourth-order valence-electron chi connectivity index (χ4n) is 3.05. The third-order valence-corrected chi connectivity index (χ3v) is 5.78. The molecule has 6 nitrogen and oxygen atoms in total. The van der Waals surface area contributed by atoms with Crippen molar-refractivity contribution in [3.63, 3.8) is 0 Å². The zero-order chi connectivity index (χ0) is 20.6. The van der Waals surface area contributed by atoms with Gasteiger partial charge in [-0.25, -0.2) is 4.98 Å². The number of carboxylic acids is 1. The third-order valence-electron chi connectivity index (χ3n) is 4.66. The number of carboxylic acid groups (broad SMARTS) is 1. The first-order chi connectivity index (χ1) is 13.4. The summed E-state index contributed by atoms with van der Waals surface area (Å²) in [6.07, 6.45) is 3.77. The van der Waals surface area contributed by atoms with Crippen molar-refractivity contribution in [3.05, 3.63) is 40.9 Å². The van der Waals surface area contributed by atoms with Crippen LogP contribution in [0.15, 0.2) is 30.5 Å². The van der Waals surface area contributed by atoms with E-state index in [2.05, 4.69) is 10.3 Å². The van der Waals surface area contributed by atoms with Crippen molar-refractivity contribution in [2.45, 2.75) is 58.3 Å². The molecule has 0 saturated heterocycles. The zero-order valence-corrected chi connectivity index (χ0v) is 17.4. The summed E-state index contributed by atoms with van der Waals surface area (Å²) in [7, 11) is 0. The molecule has 152 valence electrons. The molecular formula is C21H27N2O4S-. The molecule has 0 radical (unpaired) electrons. The van der Waals surface area contributed by atoms with Crippen LogP contribution in [0.5, 0.6) is 0 Å². The van der Waals surface area contributed by atoms with E-state index in [9.17, 15) is 14.7 Å². The van der Waals surface area contributed by atoms with E-state index in [1.807, 2.05) is 38.1 Å². The Labute approximate surface area is 170 Å². The topological polar surface area (TPSA) is 91.3 Å². The Balaban J connectivity index is 2.34. The van der Waals surface area contributed by atoms with E-state index >= 15 is 0 Å². The maximum Gasteiger partial charge on any atom is 0.317 e. The second kappa shape index (κ2) is 10.2. The normalized spacial score (nSPS) is 13.0. The number of hydrogen-bond donors (Lipinski definition) is 1. The molecule has 0 bridgehead atoms. The maximum absolute atomic E-state index is 12.9. The number of unbranched alkanes of at least 4 members (excludes halogenated alkanes) is 1. The Hall–Kier alpha value is -2.41. The van der Waals surface area contributed by atoms with Crippen LogP contribution in [0.25, 0.3) is 0 Å². The molecule has 7 heteroatoms. The highest BCUT2D eigenvalue weighted by Gasteiger charge is 2.42. The minimum Gasteiger partial charge on any atom is -0.550 e. The van der Waals surface area contributed by atoms with E-state index in [-0.39, 0.29) is 19.4 Å². The van der Waals surface area contributed by atoms with Gasteiger partial charge < -0.3 is 20.0 Å². The van der Waals surface area contributed by atoms with Gasteiger partial charge in [-0.2, -0.15) is 0 Å². The minimum atomic E-state index is -1.17. The maximum atomic E-state index is 12.9. The Kier molecular flexibility index (Phi) is 7.99. The molecule has 2 aromatic rings. The molecule has 0 aliphatic heterocycles. The number of aryl methyl sites for hydroxylation is 1. The van der Waals surface area contributed by atoms with E-state index in [0.717, 1.165) is 29.0 Å². The fourth-order valence-corrected chi connectivity index (χ4v) is 4.12. The van der Waals surface area contributed by atoms with Crippen LogP contribution in [0.2, 0.25) is 0 Å². The third kappa shape index (κ3) is 5.55. The second-order valence-corrected chi connectivity index (χ2v) is 7.83. The molecule has 0 saturated carbocycles. The van der Waals surface area contributed by atoms with Crippen LogP contribution < -0.4 is 10.4 Å². The van der Waals surface area contributed by atoms with Crippen molar-refractivity contribution in [2.24, 2.45) is 0 Å². The number of benzene rings is 1. The number of hydrogen-bond acceptors (Lipinski definition) is 7. The highest BCUT2D eigenvalue weighted by atomic mass is 32.1. The molecule has 0 unspecified atom stereocenters. The molecule has 2 rings (SSSR count). The van der Waals surface area contributed by atoms with Gasteiger partial charge in [0.05, 0.1) is 6.61 Å². The van der Waals surface area contributed by atoms with E-state index in [0.29, 0.717) is 11.6 Å². The lowest BCUT2D eigenvalue weighted by molar-refractivity contribution is -0.306. The van der Waals surface area contributed by atoms with Gasteiger partial charge in [-0.05, 0) is 45.2 Å². The van der Waals surface area contributed by atoms with Gasteiger partial charge in [0.15, 0.2) is 5.13 Å². The summed E-state index contributed by atoms with van der Waals surface area (Å²) in [5.41, 5.74) is 1.04. The summed E-state index contributed by atoms with van der Waals surface area (Å²) in [6, 6.07) is 7.92. The second-order valence-electron chi connectivity index (χ2n) is 6.80. The van der Waals surface area contributed by atoms with Gasteiger partial charge in [0, 0.05) is 22.7 Å². The number of carbonyl (C=O) groups excluding carboxylic acids is 2. The zero-order valence-electron chi connectivity index (χ0n) is 16.6. The summed E-state index contributed by atoms with van der Waals surface area (Å²) >= 11 is 1.36. The predicted molar refractivity (Wildman–Crippen MR) is 109 cm³/mol. The average molecular weight is 404 g/mol. The van der Waals surface area contributed by atoms with E-state index in [1.165, 1.54) is 11.3 Å². The SMILES string of the molecule is CCCC[C@](CCC(=O)[O-])(C(=O)OCC)c1cnc(Nc2ccc(C)cc2)s1. The van der Waals surface area contributed by atoms with Crippen LogP contribution in [0.3, 0.4) is 0 Å². The van der Waals surface area contributed by atoms with Gasteiger partial charge in [0.2, 0.25) is 0 Å².